The lowest BCUT2D eigenvalue weighted by Gasteiger charge is -2.23. The fraction of sp³-hybridized carbons (Fsp3) is 0.231. The molecule has 0 amide bonds. The number of carbonyl (C=O) groups is 1. The minimum Gasteiger partial charge on any atom is -0.412 e. The molecular formula is C26H27N3O5S. The van der Waals surface area contributed by atoms with E-state index in [1.54, 1.807) is 10.7 Å². The Balaban J connectivity index is 0.00000289. The smallest absolute Gasteiger partial charge is 0.294 e. The first-order valence-corrected chi connectivity index (χ1v) is 12.7. The Labute approximate surface area is 203 Å². The van der Waals surface area contributed by atoms with E-state index in [9.17, 15) is 13.2 Å². The third-order valence-electron chi connectivity index (χ3n) is 6.35. The Kier molecular flexibility index (Phi) is 7.13. The predicted molar refractivity (Wildman–Crippen MR) is 134 cm³/mol. The molecule has 9 heteroatoms. The zero-order valence-electron chi connectivity index (χ0n) is 19.0. The van der Waals surface area contributed by atoms with E-state index in [-0.39, 0.29) is 22.6 Å². The summed E-state index contributed by atoms with van der Waals surface area (Å²) in [5.41, 5.74) is 4.05. The van der Waals surface area contributed by atoms with Gasteiger partial charge in [-0.2, -0.15) is 13.5 Å². The summed E-state index contributed by atoms with van der Waals surface area (Å²) >= 11 is 0. The van der Waals surface area contributed by atoms with Crippen molar-refractivity contribution in [3.05, 3.63) is 89.6 Å². The van der Waals surface area contributed by atoms with Crippen molar-refractivity contribution in [1.82, 2.24) is 15.1 Å². The summed E-state index contributed by atoms with van der Waals surface area (Å²) in [4.78, 5) is 12.9. The maximum Gasteiger partial charge on any atom is 0.294 e. The lowest BCUT2D eigenvalue weighted by Crippen LogP contribution is -2.28. The van der Waals surface area contributed by atoms with E-state index in [0.717, 1.165) is 24.2 Å². The van der Waals surface area contributed by atoms with Gasteiger partial charge in [0, 0.05) is 30.1 Å². The number of piperidine rings is 1. The van der Waals surface area contributed by atoms with Crippen molar-refractivity contribution in [2.45, 2.75) is 30.1 Å². The van der Waals surface area contributed by atoms with Gasteiger partial charge in [-0.05, 0) is 66.8 Å². The number of benzene rings is 3. The Morgan fingerprint density at radius 3 is 2.46 bits per heavy atom. The van der Waals surface area contributed by atoms with E-state index in [4.69, 9.17) is 9.65 Å². The molecule has 0 aliphatic carbocycles. The van der Waals surface area contributed by atoms with Gasteiger partial charge in [-0.3, -0.25) is 9.35 Å². The van der Waals surface area contributed by atoms with Crippen LogP contribution >= 0.6 is 0 Å². The molecule has 1 aliphatic heterocycles. The van der Waals surface area contributed by atoms with Gasteiger partial charge in [0.15, 0.2) is 5.78 Å². The molecule has 5 rings (SSSR count). The zero-order valence-corrected chi connectivity index (χ0v) is 19.8. The van der Waals surface area contributed by atoms with Gasteiger partial charge in [-0.15, -0.1) is 0 Å². The van der Waals surface area contributed by atoms with Crippen molar-refractivity contribution in [2.24, 2.45) is 0 Å². The fourth-order valence-electron chi connectivity index (χ4n) is 4.50. The number of aromatic nitrogens is 2. The SMILES string of the molecule is O.O=C(Cc1ccc(S(=O)(=O)O)cc1)c1cccc2cn(-c3ccc([C@@H]4CCCNC4)cc3)nc12. The second kappa shape index (κ2) is 10.1. The van der Waals surface area contributed by atoms with Crippen LogP contribution in [0.2, 0.25) is 0 Å². The largest absolute Gasteiger partial charge is 0.412 e. The summed E-state index contributed by atoms with van der Waals surface area (Å²) in [6.07, 6.45) is 4.41. The maximum absolute atomic E-state index is 13.1. The van der Waals surface area contributed by atoms with Gasteiger partial charge in [0.05, 0.1) is 10.6 Å². The number of hydrogen-bond donors (Lipinski definition) is 2. The van der Waals surface area contributed by atoms with E-state index in [2.05, 4.69) is 29.6 Å². The Bertz CT molecular complexity index is 1440. The number of nitrogens with one attached hydrogen (secondary N) is 1. The van der Waals surface area contributed by atoms with Crippen LogP contribution in [0.15, 0.2) is 77.8 Å². The summed E-state index contributed by atoms with van der Waals surface area (Å²) in [5.74, 6) is 0.422. The van der Waals surface area contributed by atoms with Crippen LogP contribution in [0.1, 0.15) is 40.2 Å². The molecule has 1 fully saturated rings. The molecule has 0 saturated carbocycles. The van der Waals surface area contributed by atoms with E-state index < -0.39 is 10.1 Å². The molecular weight excluding hydrogens is 466 g/mol. The molecule has 0 radical (unpaired) electrons. The van der Waals surface area contributed by atoms with Crippen LogP contribution in [0.4, 0.5) is 0 Å². The Hall–Kier alpha value is -3.37. The van der Waals surface area contributed by atoms with Gasteiger partial charge in [0.1, 0.15) is 5.52 Å². The average Bonchev–Trinajstić information content (AvgIpc) is 3.29. The zero-order chi connectivity index (χ0) is 23.7. The maximum atomic E-state index is 13.1. The monoisotopic (exact) mass is 493 g/mol. The molecule has 1 saturated heterocycles. The molecule has 0 unspecified atom stereocenters. The molecule has 4 aromatic rings. The Morgan fingerprint density at radius 1 is 1.06 bits per heavy atom. The van der Waals surface area contributed by atoms with Crippen molar-refractivity contribution < 1.29 is 23.2 Å². The van der Waals surface area contributed by atoms with Crippen LogP contribution in [-0.4, -0.2) is 47.1 Å². The molecule has 2 heterocycles. The minimum atomic E-state index is -4.26. The first kappa shape index (κ1) is 24.7. The highest BCUT2D eigenvalue weighted by Gasteiger charge is 2.17. The molecule has 1 atom stereocenters. The number of rotatable bonds is 6. The molecule has 3 aromatic carbocycles. The first-order chi connectivity index (χ1) is 16.4. The molecule has 1 aromatic heterocycles. The van der Waals surface area contributed by atoms with Crippen LogP contribution in [0.5, 0.6) is 0 Å². The van der Waals surface area contributed by atoms with Gasteiger partial charge in [0.2, 0.25) is 0 Å². The highest BCUT2D eigenvalue weighted by Crippen LogP contribution is 2.25. The van der Waals surface area contributed by atoms with Crippen LogP contribution in [0.3, 0.4) is 0 Å². The van der Waals surface area contributed by atoms with Crippen LogP contribution in [0, 0.1) is 0 Å². The summed E-state index contributed by atoms with van der Waals surface area (Å²) in [6.45, 7) is 2.10. The normalized spacial score (nSPS) is 16.1. The first-order valence-electron chi connectivity index (χ1n) is 11.3. The summed E-state index contributed by atoms with van der Waals surface area (Å²) in [6, 6.07) is 19.6. The van der Waals surface area contributed by atoms with Crippen LogP contribution in [0.25, 0.3) is 16.6 Å². The second-order valence-corrected chi connectivity index (χ2v) is 10.1. The minimum absolute atomic E-state index is 0. The summed E-state index contributed by atoms with van der Waals surface area (Å²) in [7, 11) is -4.26. The number of ketones is 1. The molecule has 8 nitrogen and oxygen atoms in total. The average molecular weight is 494 g/mol. The molecule has 1 aliphatic rings. The van der Waals surface area contributed by atoms with Gasteiger partial charge in [-0.25, -0.2) is 4.68 Å². The summed E-state index contributed by atoms with van der Waals surface area (Å²) in [5, 5.41) is 9.03. The van der Waals surface area contributed by atoms with Crippen LogP contribution in [-0.2, 0) is 16.5 Å². The van der Waals surface area contributed by atoms with Gasteiger partial charge < -0.3 is 10.8 Å². The van der Waals surface area contributed by atoms with Crippen molar-refractivity contribution in [2.75, 3.05) is 13.1 Å². The van der Waals surface area contributed by atoms with E-state index in [0.29, 0.717) is 22.6 Å². The quantitative estimate of drug-likeness (QED) is 0.313. The Morgan fingerprint density at radius 2 is 1.80 bits per heavy atom. The molecule has 4 N–H and O–H groups in total. The number of hydrogen-bond acceptors (Lipinski definition) is 5. The molecule has 0 bridgehead atoms. The van der Waals surface area contributed by atoms with E-state index in [1.165, 1.54) is 42.7 Å². The van der Waals surface area contributed by atoms with Crippen LogP contribution < -0.4 is 5.32 Å². The van der Waals surface area contributed by atoms with Gasteiger partial charge >= 0.3 is 0 Å². The van der Waals surface area contributed by atoms with Crippen molar-refractivity contribution in [3.8, 4) is 5.69 Å². The molecule has 35 heavy (non-hydrogen) atoms. The fourth-order valence-corrected chi connectivity index (χ4v) is 4.98. The van der Waals surface area contributed by atoms with Gasteiger partial charge in [0.25, 0.3) is 10.1 Å². The number of nitrogens with zero attached hydrogens (tertiary/aromatic N) is 2. The topological polar surface area (TPSA) is 133 Å². The van der Waals surface area contributed by atoms with Crippen molar-refractivity contribution >= 4 is 26.8 Å². The van der Waals surface area contributed by atoms with Crippen molar-refractivity contribution in [1.29, 1.82) is 0 Å². The summed E-state index contributed by atoms with van der Waals surface area (Å²) < 4.78 is 33.4. The highest BCUT2D eigenvalue weighted by molar-refractivity contribution is 7.85. The van der Waals surface area contributed by atoms with Crippen molar-refractivity contribution in [3.63, 3.8) is 0 Å². The lowest BCUT2D eigenvalue weighted by atomic mass is 9.92. The number of carbonyl (C=O) groups excluding carboxylic acids is 1. The molecule has 182 valence electrons. The van der Waals surface area contributed by atoms with E-state index in [1.807, 2.05) is 18.3 Å². The lowest BCUT2D eigenvalue weighted by molar-refractivity contribution is 0.0994. The molecule has 0 spiro atoms. The highest BCUT2D eigenvalue weighted by atomic mass is 32.2. The third-order valence-corrected chi connectivity index (χ3v) is 7.22. The second-order valence-electron chi connectivity index (χ2n) is 8.67. The standard InChI is InChI=1S/C26H25N3O4S.H2O/c30-25(15-18-6-12-23(13-7-18)34(31,32)33)24-5-1-3-21-17-29(28-26(21)24)22-10-8-19(9-11-22)20-4-2-14-27-16-20;/h1,3,5-13,17,20,27H,2,4,14-16H2,(H,31,32,33);1H2/t20-;/m1./s1. The number of Topliss-reactive ketones (excluding diaryl/α,β-unsaturated/α-hetero) is 1. The van der Waals surface area contributed by atoms with Gasteiger partial charge in [-0.1, -0.05) is 36.4 Å². The third kappa shape index (κ3) is 5.33. The van der Waals surface area contributed by atoms with E-state index >= 15 is 0 Å². The number of fused-ring (bicyclic) bond motifs is 1. The predicted octanol–water partition coefficient (Wildman–Crippen LogP) is 3.34.